The van der Waals surface area contributed by atoms with Crippen molar-refractivity contribution in [3.05, 3.63) is 77.0 Å². The van der Waals surface area contributed by atoms with Crippen molar-refractivity contribution in [3.63, 3.8) is 0 Å². The number of hydrogen-bond acceptors (Lipinski definition) is 4. The molecular formula is C22H22N4O2S. The van der Waals surface area contributed by atoms with Crippen LogP contribution in [0.4, 0.5) is 5.82 Å². The molecule has 6 nitrogen and oxygen atoms in total. The summed E-state index contributed by atoms with van der Waals surface area (Å²) in [6, 6.07) is 17.1. The number of anilines is 1. The number of amides is 2. The van der Waals surface area contributed by atoms with E-state index in [9.17, 15) is 9.59 Å². The minimum atomic E-state index is -0.692. The fourth-order valence-electron chi connectivity index (χ4n) is 3.37. The normalized spacial score (nSPS) is 13.6. The summed E-state index contributed by atoms with van der Waals surface area (Å²) in [5.41, 5.74) is 4.80. The van der Waals surface area contributed by atoms with Crippen molar-refractivity contribution in [3.8, 4) is 5.69 Å². The number of nitrogens with zero attached hydrogens (tertiary/aromatic N) is 2. The highest BCUT2D eigenvalue weighted by molar-refractivity contribution is 7.98. The highest BCUT2D eigenvalue weighted by Crippen LogP contribution is 2.36. The summed E-state index contributed by atoms with van der Waals surface area (Å²) in [5.74, 6) is 0.778. The van der Waals surface area contributed by atoms with Crippen molar-refractivity contribution in [2.24, 2.45) is 0 Å². The van der Waals surface area contributed by atoms with E-state index < -0.39 is 11.8 Å². The standard InChI is InChI=1S/C22H22N4O2S/c1-14-8-6-7-11-19(14)26-20(17-12-29-13-18(17)25-26)24-22(28)21(27)23-15(2)16-9-4-3-5-10-16/h3-11,15H,12-13H2,1-2H3,(H,23,27)(H,24,28)/t15-/m0/s1. The van der Waals surface area contributed by atoms with E-state index in [1.165, 1.54) is 0 Å². The molecule has 0 saturated carbocycles. The van der Waals surface area contributed by atoms with Crippen LogP contribution in [0.25, 0.3) is 5.69 Å². The SMILES string of the molecule is Cc1ccccc1-n1nc2c(c1NC(=O)C(=O)N[C@@H](C)c1ccccc1)CSC2. The Morgan fingerprint density at radius 3 is 2.52 bits per heavy atom. The Balaban J connectivity index is 1.57. The van der Waals surface area contributed by atoms with Crippen molar-refractivity contribution in [2.75, 3.05) is 5.32 Å². The number of aromatic nitrogens is 2. The zero-order chi connectivity index (χ0) is 20.4. The number of nitrogens with one attached hydrogen (secondary N) is 2. The topological polar surface area (TPSA) is 76.0 Å². The monoisotopic (exact) mass is 406 g/mol. The minimum Gasteiger partial charge on any atom is -0.341 e. The van der Waals surface area contributed by atoms with Crippen LogP contribution in [0.15, 0.2) is 54.6 Å². The van der Waals surface area contributed by atoms with Gasteiger partial charge in [0.25, 0.3) is 0 Å². The van der Waals surface area contributed by atoms with Crippen molar-refractivity contribution in [1.82, 2.24) is 15.1 Å². The highest BCUT2D eigenvalue weighted by atomic mass is 32.2. The lowest BCUT2D eigenvalue weighted by atomic mass is 10.1. The first-order valence-electron chi connectivity index (χ1n) is 9.46. The molecular weight excluding hydrogens is 384 g/mol. The molecule has 1 aromatic heterocycles. The molecule has 4 rings (SSSR count). The summed E-state index contributed by atoms with van der Waals surface area (Å²) < 4.78 is 1.74. The predicted molar refractivity (Wildman–Crippen MR) is 115 cm³/mol. The van der Waals surface area contributed by atoms with Gasteiger partial charge in [-0.2, -0.15) is 16.9 Å². The third kappa shape index (κ3) is 3.91. The van der Waals surface area contributed by atoms with Gasteiger partial charge in [0, 0.05) is 17.1 Å². The Hall–Kier alpha value is -3.06. The second kappa shape index (κ2) is 8.13. The maximum Gasteiger partial charge on any atom is 0.314 e. The first-order valence-corrected chi connectivity index (χ1v) is 10.6. The molecule has 0 radical (unpaired) electrons. The van der Waals surface area contributed by atoms with Gasteiger partial charge in [-0.1, -0.05) is 48.5 Å². The number of carbonyl (C=O) groups excluding carboxylic acids is 2. The molecule has 0 unspecified atom stereocenters. The predicted octanol–water partition coefficient (Wildman–Crippen LogP) is 3.74. The number of para-hydroxylation sites is 1. The highest BCUT2D eigenvalue weighted by Gasteiger charge is 2.27. The summed E-state index contributed by atoms with van der Waals surface area (Å²) in [4.78, 5) is 25.2. The summed E-state index contributed by atoms with van der Waals surface area (Å²) in [7, 11) is 0. The van der Waals surface area contributed by atoms with Crippen molar-refractivity contribution < 1.29 is 9.59 Å². The molecule has 1 aliphatic rings. The Morgan fingerprint density at radius 2 is 1.76 bits per heavy atom. The maximum atomic E-state index is 12.7. The Bertz CT molecular complexity index is 1060. The minimum absolute atomic E-state index is 0.267. The smallest absolute Gasteiger partial charge is 0.314 e. The van der Waals surface area contributed by atoms with E-state index >= 15 is 0 Å². The molecule has 1 atom stereocenters. The average molecular weight is 407 g/mol. The Labute approximate surface area is 173 Å². The van der Waals surface area contributed by atoms with Gasteiger partial charge in [0.1, 0.15) is 5.82 Å². The van der Waals surface area contributed by atoms with Gasteiger partial charge in [0.05, 0.1) is 17.4 Å². The van der Waals surface area contributed by atoms with Crippen LogP contribution in [0.3, 0.4) is 0 Å². The lowest BCUT2D eigenvalue weighted by Gasteiger charge is -2.15. The molecule has 0 spiro atoms. The van der Waals surface area contributed by atoms with Crippen molar-refractivity contribution in [1.29, 1.82) is 0 Å². The first kappa shape index (κ1) is 19.3. The molecule has 0 aliphatic carbocycles. The van der Waals surface area contributed by atoms with Gasteiger partial charge < -0.3 is 10.6 Å². The van der Waals surface area contributed by atoms with Crippen molar-refractivity contribution >= 4 is 29.4 Å². The van der Waals surface area contributed by atoms with Crippen LogP contribution in [0.5, 0.6) is 0 Å². The third-order valence-electron chi connectivity index (χ3n) is 4.98. The molecule has 2 aromatic carbocycles. The zero-order valence-corrected chi connectivity index (χ0v) is 17.1. The number of rotatable bonds is 4. The van der Waals surface area contributed by atoms with Crippen LogP contribution < -0.4 is 10.6 Å². The maximum absolute atomic E-state index is 12.7. The van der Waals surface area contributed by atoms with Gasteiger partial charge in [-0.15, -0.1) is 0 Å². The number of hydrogen-bond donors (Lipinski definition) is 2. The lowest BCUT2D eigenvalue weighted by molar-refractivity contribution is -0.136. The molecule has 2 N–H and O–H groups in total. The molecule has 0 bridgehead atoms. The van der Waals surface area contributed by atoms with Gasteiger partial charge in [-0.25, -0.2) is 4.68 Å². The second-order valence-corrected chi connectivity index (χ2v) is 8.01. The lowest BCUT2D eigenvalue weighted by Crippen LogP contribution is -2.37. The summed E-state index contributed by atoms with van der Waals surface area (Å²) in [6.45, 7) is 3.85. The quantitative estimate of drug-likeness (QED) is 0.647. The molecule has 2 amide bonds. The number of carbonyl (C=O) groups is 2. The number of benzene rings is 2. The van der Waals surface area contributed by atoms with Crippen LogP contribution in [-0.4, -0.2) is 21.6 Å². The van der Waals surface area contributed by atoms with Crippen LogP contribution in [0.1, 0.15) is 35.3 Å². The van der Waals surface area contributed by atoms with Crippen LogP contribution in [0.2, 0.25) is 0 Å². The van der Waals surface area contributed by atoms with E-state index in [1.54, 1.807) is 16.4 Å². The summed E-state index contributed by atoms with van der Waals surface area (Å²) >= 11 is 1.75. The van der Waals surface area contributed by atoms with Crippen molar-refractivity contribution in [2.45, 2.75) is 31.4 Å². The van der Waals surface area contributed by atoms with Gasteiger partial charge in [0.15, 0.2) is 0 Å². The molecule has 0 fully saturated rings. The number of aryl methyl sites for hydroxylation is 1. The number of thioether (sulfide) groups is 1. The fraction of sp³-hybridized carbons (Fsp3) is 0.227. The van der Waals surface area contributed by atoms with E-state index in [-0.39, 0.29) is 6.04 Å². The van der Waals surface area contributed by atoms with Crippen LogP contribution in [0, 0.1) is 6.92 Å². The van der Waals surface area contributed by atoms with E-state index in [0.717, 1.165) is 39.6 Å². The Kier molecular flexibility index (Phi) is 5.40. The molecule has 1 aliphatic heterocycles. The van der Waals surface area contributed by atoms with E-state index in [1.807, 2.05) is 68.4 Å². The van der Waals surface area contributed by atoms with Gasteiger partial charge in [-0.05, 0) is 31.0 Å². The van der Waals surface area contributed by atoms with E-state index in [2.05, 4.69) is 10.6 Å². The van der Waals surface area contributed by atoms with E-state index in [0.29, 0.717) is 5.82 Å². The largest absolute Gasteiger partial charge is 0.341 e. The molecule has 0 saturated heterocycles. The molecule has 7 heteroatoms. The molecule has 148 valence electrons. The van der Waals surface area contributed by atoms with Gasteiger partial charge in [-0.3, -0.25) is 9.59 Å². The molecule has 3 aromatic rings. The summed E-state index contributed by atoms with van der Waals surface area (Å²) in [6.07, 6.45) is 0. The third-order valence-corrected chi connectivity index (χ3v) is 5.95. The first-order chi connectivity index (χ1) is 14.0. The average Bonchev–Trinajstić information content (AvgIpc) is 3.31. The number of fused-ring (bicyclic) bond motifs is 1. The molecule has 29 heavy (non-hydrogen) atoms. The van der Waals surface area contributed by atoms with Gasteiger partial charge in [0.2, 0.25) is 0 Å². The second-order valence-electron chi connectivity index (χ2n) is 7.02. The summed E-state index contributed by atoms with van der Waals surface area (Å²) in [5, 5.41) is 10.3. The van der Waals surface area contributed by atoms with Gasteiger partial charge >= 0.3 is 11.8 Å². The van der Waals surface area contributed by atoms with Crippen LogP contribution in [-0.2, 0) is 21.1 Å². The van der Waals surface area contributed by atoms with Crippen LogP contribution >= 0.6 is 11.8 Å². The fourth-order valence-corrected chi connectivity index (χ4v) is 4.40. The zero-order valence-electron chi connectivity index (χ0n) is 16.3. The Morgan fingerprint density at radius 1 is 1.03 bits per heavy atom. The molecule has 2 heterocycles. The van der Waals surface area contributed by atoms with E-state index in [4.69, 9.17) is 5.10 Å².